The number of halogens is 2. The Balaban J connectivity index is 0.00000158. The van der Waals surface area contributed by atoms with E-state index < -0.39 is 11.6 Å². The van der Waals surface area contributed by atoms with E-state index in [4.69, 9.17) is 9.47 Å². The quantitative estimate of drug-likeness (QED) is 0.340. The third kappa shape index (κ3) is 5.67. The first-order valence-electron chi connectivity index (χ1n) is 13.7. The molecule has 5 heterocycles. The van der Waals surface area contributed by atoms with Crippen molar-refractivity contribution in [2.75, 3.05) is 31.6 Å². The van der Waals surface area contributed by atoms with Gasteiger partial charge in [0.05, 0.1) is 37.1 Å². The summed E-state index contributed by atoms with van der Waals surface area (Å²) < 4.78 is 43.3. The third-order valence-electron chi connectivity index (χ3n) is 6.97. The van der Waals surface area contributed by atoms with Crippen LogP contribution in [0.5, 0.6) is 0 Å². The molecule has 1 aromatic carbocycles. The number of imidazole rings is 1. The molecule has 212 valence electrons. The minimum absolute atomic E-state index is 0.00554. The van der Waals surface area contributed by atoms with Crippen LogP contribution in [0.25, 0.3) is 22.3 Å². The molecule has 2 aliphatic rings. The lowest BCUT2D eigenvalue weighted by Crippen LogP contribution is -2.36. The molecule has 2 aliphatic heterocycles. The number of ether oxygens (including phenoxy) is 2. The zero-order valence-electron chi connectivity index (χ0n) is 23.5. The number of aryl methyl sites for hydroxylation is 1. The molecule has 0 saturated carbocycles. The summed E-state index contributed by atoms with van der Waals surface area (Å²) in [5, 5.41) is 3.02. The number of pyridine rings is 1. The Morgan fingerprint density at radius 2 is 1.70 bits per heavy atom. The van der Waals surface area contributed by atoms with Gasteiger partial charge in [-0.05, 0) is 44.5 Å². The van der Waals surface area contributed by atoms with Crippen molar-refractivity contribution >= 4 is 22.8 Å². The summed E-state index contributed by atoms with van der Waals surface area (Å²) in [6.07, 6.45) is 3.12. The normalized spacial score (nSPS) is 19.0. The summed E-state index contributed by atoms with van der Waals surface area (Å²) in [6.45, 7) is 13.5. The van der Waals surface area contributed by atoms with Crippen molar-refractivity contribution < 1.29 is 18.3 Å². The van der Waals surface area contributed by atoms with Gasteiger partial charge in [-0.3, -0.25) is 4.90 Å². The van der Waals surface area contributed by atoms with E-state index in [1.807, 2.05) is 51.3 Å². The first-order valence-corrected chi connectivity index (χ1v) is 13.7. The summed E-state index contributed by atoms with van der Waals surface area (Å²) >= 11 is 0. The average molecular weight is 552 g/mol. The van der Waals surface area contributed by atoms with Crippen molar-refractivity contribution in [1.29, 1.82) is 0 Å². The fourth-order valence-corrected chi connectivity index (χ4v) is 5.32. The number of nitrogens with one attached hydrogen (secondary N) is 1. The number of hydrogen-bond acceptors (Lipinski definition) is 8. The topological polar surface area (TPSA) is 90.2 Å². The van der Waals surface area contributed by atoms with Crippen LogP contribution in [0.1, 0.15) is 45.1 Å². The Morgan fingerprint density at radius 3 is 2.35 bits per heavy atom. The molecule has 3 aromatic heterocycles. The van der Waals surface area contributed by atoms with Crippen molar-refractivity contribution in [3.8, 4) is 11.3 Å². The molecule has 0 radical (unpaired) electrons. The molecule has 0 spiro atoms. The zero-order chi connectivity index (χ0) is 28.4. The van der Waals surface area contributed by atoms with Gasteiger partial charge in [-0.2, -0.15) is 0 Å². The van der Waals surface area contributed by atoms with Gasteiger partial charge < -0.3 is 19.4 Å². The summed E-state index contributed by atoms with van der Waals surface area (Å²) in [6, 6.07) is 6.83. The number of hydrogen-bond donors (Lipinski definition) is 1. The van der Waals surface area contributed by atoms with Crippen molar-refractivity contribution in [3.63, 3.8) is 0 Å². The van der Waals surface area contributed by atoms with Gasteiger partial charge in [-0.1, -0.05) is 19.9 Å². The van der Waals surface area contributed by atoms with E-state index in [0.29, 0.717) is 35.9 Å². The van der Waals surface area contributed by atoms with E-state index in [-0.39, 0.29) is 35.4 Å². The summed E-state index contributed by atoms with van der Waals surface area (Å²) in [5.41, 5.74) is 2.20. The highest BCUT2D eigenvalue weighted by Gasteiger charge is 2.36. The van der Waals surface area contributed by atoms with E-state index in [1.54, 1.807) is 12.3 Å². The van der Waals surface area contributed by atoms with E-state index >= 15 is 0 Å². The van der Waals surface area contributed by atoms with E-state index in [1.165, 1.54) is 6.07 Å². The van der Waals surface area contributed by atoms with Gasteiger partial charge >= 0.3 is 0 Å². The minimum atomic E-state index is -0.649. The van der Waals surface area contributed by atoms with Crippen LogP contribution in [0.2, 0.25) is 0 Å². The Hall–Kier alpha value is -3.54. The zero-order valence-corrected chi connectivity index (χ0v) is 23.5. The number of benzene rings is 1. The van der Waals surface area contributed by atoms with Gasteiger partial charge in [0.25, 0.3) is 0 Å². The lowest BCUT2D eigenvalue weighted by molar-refractivity contribution is -0.116. The summed E-state index contributed by atoms with van der Waals surface area (Å²) in [5.74, 6) is 0.192. The smallest absolute Gasteiger partial charge is 0.229 e. The van der Waals surface area contributed by atoms with Crippen LogP contribution in [0, 0.1) is 18.6 Å². The first-order chi connectivity index (χ1) is 19.4. The second-order valence-corrected chi connectivity index (χ2v) is 10.0. The van der Waals surface area contributed by atoms with Crippen molar-refractivity contribution in [3.05, 3.63) is 59.7 Å². The number of fused-ring (bicyclic) bond motifs is 2. The van der Waals surface area contributed by atoms with Crippen LogP contribution in [0.3, 0.4) is 0 Å². The molecule has 9 nitrogen and oxygen atoms in total. The van der Waals surface area contributed by atoms with Crippen LogP contribution >= 0.6 is 0 Å². The second-order valence-electron chi connectivity index (χ2n) is 10.0. The summed E-state index contributed by atoms with van der Waals surface area (Å²) in [4.78, 5) is 19.5. The lowest BCUT2D eigenvalue weighted by atomic mass is 10.1. The first kappa shape index (κ1) is 28.0. The number of aromatic nitrogens is 5. The molecule has 2 fully saturated rings. The summed E-state index contributed by atoms with van der Waals surface area (Å²) in [7, 11) is 0. The molecule has 4 aromatic rings. The molecule has 2 saturated heterocycles. The maximum atomic E-state index is 15.0. The van der Waals surface area contributed by atoms with Crippen LogP contribution in [-0.2, 0) is 16.0 Å². The standard InChI is InChI=1S/C27H29F2N7O2.C2H6/c1-15(2)36-16(3)32-26-19(28)8-18(9-21(26)36)25-20(29)11-31-27(34-25)33-24-5-4-17(10-30-24)12-35-13-22-23(14-35)38-7-6-37-22;1-2/h4-5,8-11,15,22-23H,6-7,12-14H2,1-3H3,(H,30,31,33,34);1-2H3. The van der Waals surface area contributed by atoms with Crippen molar-refractivity contribution in [1.82, 2.24) is 29.4 Å². The fourth-order valence-electron chi connectivity index (χ4n) is 5.32. The van der Waals surface area contributed by atoms with Crippen molar-refractivity contribution in [2.45, 2.75) is 59.4 Å². The molecule has 0 amide bonds. The fraction of sp³-hybridized carbons (Fsp3) is 0.448. The Kier molecular flexibility index (Phi) is 8.34. The maximum Gasteiger partial charge on any atom is 0.229 e. The van der Waals surface area contributed by atoms with Gasteiger partial charge in [0, 0.05) is 37.4 Å². The Labute approximate surface area is 232 Å². The molecular weight excluding hydrogens is 516 g/mol. The number of anilines is 2. The average Bonchev–Trinajstić information content (AvgIpc) is 3.52. The molecule has 0 aliphatic carbocycles. The second kappa shape index (κ2) is 11.9. The highest BCUT2D eigenvalue weighted by molar-refractivity contribution is 5.83. The molecule has 1 N–H and O–H groups in total. The van der Waals surface area contributed by atoms with E-state index in [2.05, 4.69) is 30.2 Å². The largest absolute Gasteiger partial charge is 0.372 e. The van der Waals surface area contributed by atoms with Crippen LogP contribution in [-0.4, -0.2) is 67.9 Å². The molecule has 11 heteroatoms. The molecule has 6 rings (SSSR count). The predicted molar refractivity (Wildman–Crippen MR) is 149 cm³/mol. The Bertz CT molecular complexity index is 1460. The van der Waals surface area contributed by atoms with Gasteiger partial charge in [-0.15, -0.1) is 0 Å². The molecule has 40 heavy (non-hydrogen) atoms. The predicted octanol–water partition coefficient (Wildman–Crippen LogP) is 5.43. The highest BCUT2D eigenvalue weighted by Crippen LogP contribution is 2.30. The van der Waals surface area contributed by atoms with Gasteiger partial charge in [0.1, 0.15) is 22.9 Å². The van der Waals surface area contributed by atoms with Crippen LogP contribution in [0.15, 0.2) is 36.7 Å². The molecular formula is C29H35F2N7O2. The highest BCUT2D eigenvalue weighted by atomic mass is 19.1. The third-order valence-corrected chi connectivity index (χ3v) is 6.97. The molecule has 2 unspecified atom stereocenters. The minimum Gasteiger partial charge on any atom is -0.372 e. The lowest BCUT2D eigenvalue weighted by Gasteiger charge is -2.24. The van der Waals surface area contributed by atoms with Crippen molar-refractivity contribution in [2.24, 2.45) is 0 Å². The number of rotatable bonds is 6. The number of likely N-dealkylation sites (tertiary alicyclic amines) is 1. The van der Waals surface area contributed by atoms with Crippen LogP contribution in [0.4, 0.5) is 20.5 Å². The molecule has 2 atom stereocenters. The van der Waals surface area contributed by atoms with Crippen LogP contribution < -0.4 is 5.32 Å². The maximum absolute atomic E-state index is 15.0. The van der Waals surface area contributed by atoms with Gasteiger partial charge in [0.15, 0.2) is 11.6 Å². The van der Waals surface area contributed by atoms with E-state index in [9.17, 15) is 8.78 Å². The SMILES string of the molecule is CC.Cc1nc2c(F)cc(-c3nc(Nc4ccc(CN5CC6OCCOC6C5)cn4)ncc3F)cc2n1C(C)C. The number of nitrogens with zero attached hydrogens (tertiary/aromatic N) is 6. The monoisotopic (exact) mass is 551 g/mol. The molecule has 0 bridgehead atoms. The van der Waals surface area contributed by atoms with Gasteiger partial charge in [0.2, 0.25) is 5.95 Å². The van der Waals surface area contributed by atoms with E-state index in [0.717, 1.165) is 31.4 Å². The Morgan fingerprint density at radius 1 is 0.975 bits per heavy atom. The van der Waals surface area contributed by atoms with Gasteiger partial charge in [-0.25, -0.2) is 28.7 Å².